The van der Waals surface area contributed by atoms with Gasteiger partial charge in [-0.15, -0.1) is 0 Å². The third-order valence-corrected chi connectivity index (χ3v) is 3.56. The number of ether oxygens (including phenoxy) is 2. The van der Waals surface area contributed by atoms with Crippen LogP contribution in [0.3, 0.4) is 0 Å². The average molecular weight is 338 g/mol. The summed E-state index contributed by atoms with van der Waals surface area (Å²) >= 11 is 0.873. The lowest BCUT2D eigenvalue weighted by molar-refractivity contribution is 0.0567. The minimum absolute atomic E-state index is 0.0941. The lowest BCUT2D eigenvalue weighted by atomic mass is 10.3. The largest absolute Gasteiger partial charge is 0.535 e. The molecule has 0 aliphatic rings. The molecule has 0 fully saturated rings. The summed E-state index contributed by atoms with van der Waals surface area (Å²) in [6.45, 7) is 3.44. The van der Waals surface area contributed by atoms with Crippen molar-refractivity contribution < 1.29 is 23.9 Å². The van der Waals surface area contributed by atoms with E-state index in [1.54, 1.807) is 38.1 Å². The van der Waals surface area contributed by atoms with E-state index in [1.165, 1.54) is 0 Å². The Morgan fingerprint density at radius 3 is 2.57 bits per heavy atom. The Morgan fingerprint density at radius 1 is 1.17 bits per heavy atom. The molecule has 0 spiro atoms. The van der Waals surface area contributed by atoms with Crippen LogP contribution in [0.15, 0.2) is 34.2 Å². The number of hydrogen-bond acceptors (Lipinski definition) is 8. The van der Waals surface area contributed by atoms with Gasteiger partial charge >= 0.3 is 12.2 Å². The topological polar surface area (TPSA) is 96.2 Å². The van der Waals surface area contributed by atoms with Gasteiger partial charge in [0.1, 0.15) is 0 Å². The van der Waals surface area contributed by atoms with Gasteiger partial charge in [-0.3, -0.25) is 9.63 Å². The maximum atomic E-state index is 12.2. The van der Waals surface area contributed by atoms with E-state index in [2.05, 4.69) is 14.7 Å². The maximum absolute atomic E-state index is 12.2. The standard InChI is InChI=1S/C14H14N2O6S/c1-3-20-13(18)16-9-7-5-6-8-10(9)23-12(17)11(16)15-22-14(19)21-4-2/h5-8H,3-4H2,1-2H3/b15-11+. The van der Waals surface area contributed by atoms with Crippen LogP contribution < -0.4 is 10.2 Å². The van der Waals surface area contributed by atoms with Crippen LogP contribution in [0.5, 0.6) is 0 Å². The molecule has 0 atom stereocenters. The monoisotopic (exact) mass is 338 g/mol. The number of aromatic nitrogens is 1. The zero-order chi connectivity index (χ0) is 16.8. The van der Waals surface area contributed by atoms with Gasteiger partial charge in [0.05, 0.1) is 23.4 Å². The van der Waals surface area contributed by atoms with Crippen molar-refractivity contribution in [2.45, 2.75) is 13.8 Å². The molecule has 0 radical (unpaired) electrons. The molecule has 0 amide bonds. The van der Waals surface area contributed by atoms with Gasteiger partial charge in [-0.25, -0.2) is 14.2 Å². The molecular weight excluding hydrogens is 324 g/mol. The minimum atomic E-state index is -1.07. The number of para-hydroxylation sites is 1. The average Bonchev–Trinajstić information content (AvgIpc) is 2.52. The molecule has 2 aromatic rings. The Morgan fingerprint density at radius 2 is 1.87 bits per heavy atom. The minimum Gasteiger partial charge on any atom is -0.449 e. The second-order valence-corrected chi connectivity index (χ2v) is 5.10. The first kappa shape index (κ1) is 16.7. The van der Waals surface area contributed by atoms with Crippen LogP contribution in [-0.2, 0) is 14.3 Å². The fourth-order valence-electron chi connectivity index (χ4n) is 1.75. The molecule has 1 heterocycles. The van der Waals surface area contributed by atoms with Gasteiger partial charge in [-0.1, -0.05) is 23.5 Å². The summed E-state index contributed by atoms with van der Waals surface area (Å²) in [4.78, 5) is 40.1. The van der Waals surface area contributed by atoms with Crippen molar-refractivity contribution >= 4 is 33.8 Å². The first-order chi connectivity index (χ1) is 11.1. The summed E-state index contributed by atoms with van der Waals surface area (Å²) in [5, 5.41) is 3.46. The van der Waals surface area contributed by atoms with E-state index < -0.39 is 17.0 Å². The third-order valence-electron chi connectivity index (χ3n) is 2.62. The van der Waals surface area contributed by atoms with Crippen molar-refractivity contribution in [3.8, 4) is 0 Å². The zero-order valence-corrected chi connectivity index (χ0v) is 13.3. The molecule has 0 aliphatic carbocycles. The summed E-state index contributed by atoms with van der Waals surface area (Å²) in [6.07, 6.45) is -1.86. The van der Waals surface area contributed by atoms with Crippen LogP contribution >= 0.6 is 11.3 Å². The van der Waals surface area contributed by atoms with Crippen LogP contribution in [0.2, 0.25) is 0 Å². The molecule has 9 heteroatoms. The van der Waals surface area contributed by atoms with E-state index in [1.807, 2.05) is 0 Å². The van der Waals surface area contributed by atoms with Crippen LogP contribution in [0, 0.1) is 0 Å². The van der Waals surface area contributed by atoms with Crippen LogP contribution in [0.1, 0.15) is 13.8 Å². The molecule has 122 valence electrons. The van der Waals surface area contributed by atoms with E-state index in [0.29, 0.717) is 10.2 Å². The molecule has 0 unspecified atom stereocenters. The van der Waals surface area contributed by atoms with Gasteiger partial charge in [0.15, 0.2) is 0 Å². The van der Waals surface area contributed by atoms with Gasteiger partial charge in [0.2, 0.25) is 5.49 Å². The number of hydrogen-bond donors (Lipinski definition) is 0. The second kappa shape index (κ2) is 7.54. The smallest absolute Gasteiger partial charge is 0.449 e. The number of benzene rings is 1. The highest BCUT2D eigenvalue weighted by atomic mass is 32.1. The predicted molar refractivity (Wildman–Crippen MR) is 82.2 cm³/mol. The Balaban J connectivity index is 2.66. The van der Waals surface area contributed by atoms with Gasteiger partial charge in [-0.2, -0.15) is 0 Å². The number of rotatable bonds is 3. The number of fused-ring (bicyclic) bond motifs is 1. The van der Waals surface area contributed by atoms with E-state index in [9.17, 15) is 14.4 Å². The Hall–Kier alpha value is -2.68. The molecule has 8 nitrogen and oxygen atoms in total. The van der Waals surface area contributed by atoms with Gasteiger partial charge < -0.3 is 9.47 Å². The predicted octanol–water partition coefficient (Wildman–Crippen LogP) is 2.06. The van der Waals surface area contributed by atoms with E-state index in [0.717, 1.165) is 15.9 Å². The fourth-order valence-corrected chi connectivity index (χ4v) is 2.58. The molecule has 0 saturated heterocycles. The summed E-state index contributed by atoms with van der Waals surface area (Å²) in [5.41, 5.74) is 0.0574. The molecule has 0 N–H and O–H groups in total. The fraction of sp³-hybridized carbons (Fsp3) is 0.286. The number of nitrogens with zero attached hydrogens (tertiary/aromatic N) is 2. The summed E-state index contributed by atoms with van der Waals surface area (Å²) in [6, 6.07) is 6.75. The zero-order valence-electron chi connectivity index (χ0n) is 12.5. The van der Waals surface area contributed by atoms with Crippen molar-refractivity contribution in [2.75, 3.05) is 13.2 Å². The molecular formula is C14H14N2O6S. The molecule has 1 aromatic heterocycles. The van der Waals surface area contributed by atoms with Crippen molar-refractivity contribution in [2.24, 2.45) is 5.16 Å². The van der Waals surface area contributed by atoms with Gasteiger partial charge in [0, 0.05) is 0 Å². The first-order valence-electron chi connectivity index (χ1n) is 6.78. The van der Waals surface area contributed by atoms with Crippen molar-refractivity contribution in [1.29, 1.82) is 0 Å². The van der Waals surface area contributed by atoms with Crippen molar-refractivity contribution in [1.82, 2.24) is 4.57 Å². The lowest BCUT2D eigenvalue weighted by Gasteiger charge is -2.08. The summed E-state index contributed by atoms with van der Waals surface area (Å²) in [5.74, 6) is 0. The molecule has 0 saturated carbocycles. The molecule has 0 bridgehead atoms. The maximum Gasteiger partial charge on any atom is 0.535 e. The van der Waals surface area contributed by atoms with Crippen LogP contribution in [-0.4, -0.2) is 30.0 Å². The van der Waals surface area contributed by atoms with E-state index >= 15 is 0 Å². The Bertz CT molecular complexity index is 854. The molecule has 2 rings (SSSR count). The van der Waals surface area contributed by atoms with Gasteiger partial charge in [-0.05, 0) is 31.1 Å². The van der Waals surface area contributed by atoms with E-state index in [4.69, 9.17) is 4.74 Å². The summed E-state index contributed by atoms with van der Waals surface area (Å²) < 4.78 is 10.5. The summed E-state index contributed by atoms with van der Waals surface area (Å²) in [7, 11) is 0. The molecule has 1 aromatic carbocycles. The SMILES string of the molecule is CCOC(=O)O/N=c1\c(=O)sc2ccccc2n1C(=O)OCC. The highest BCUT2D eigenvalue weighted by molar-refractivity contribution is 7.16. The van der Waals surface area contributed by atoms with Crippen LogP contribution in [0.4, 0.5) is 9.59 Å². The highest BCUT2D eigenvalue weighted by Crippen LogP contribution is 2.13. The van der Waals surface area contributed by atoms with Gasteiger partial charge in [0.25, 0.3) is 4.74 Å². The quantitative estimate of drug-likeness (QED) is 0.483. The van der Waals surface area contributed by atoms with Crippen LogP contribution in [0.25, 0.3) is 10.2 Å². The normalized spacial score (nSPS) is 11.3. The highest BCUT2D eigenvalue weighted by Gasteiger charge is 2.15. The van der Waals surface area contributed by atoms with Crippen molar-refractivity contribution in [3.63, 3.8) is 0 Å². The number of carbonyl (C=O) groups is 2. The molecule has 23 heavy (non-hydrogen) atoms. The second-order valence-electron chi connectivity index (χ2n) is 4.08. The first-order valence-corrected chi connectivity index (χ1v) is 7.60. The Kier molecular flexibility index (Phi) is 5.47. The lowest BCUT2D eigenvalue weighted by Crippen LogP contribution is -2.38. The number of carbonyl (C=O) groups excluding carboxylic acids is 2. The third kappa shape index (κ3) is 3.75. The molecule has 0 aliphatic heterocycles. The van der Waals surface area contributed by atoms with E-state index in [-0.39, 0.29) is 18.7 Å². The van der Waals surface area contributed by atoms with Crippen molar-refractivity contribution in [3.05, 3.63) is 39.3 Å². The Labute approximate surface area is 134 Å².